The first kappa shape index (κ1) is 17.8. The Balaban J connectivity index is 2.00. The van der Waals surface area contributed by atoms with E-state index in [1.807, 2.05) is 0 Å². The standard InChI is InChI=1S/C17H26N2O3S/c1-4-23(21,22)16-7-5-6-15(12-16)18-17(20)19-10-8-14(9-11-19)13(2)3/h5-7,12-14H,4,8-11H2,1-3H3,(H,18,20). The number of benzene rings is 1. The lowest BCUT2D eigenvalue weighted by Crippen LogP contribution is -2.41. The molecule has 2 amide bonds. The molecule has 0 radical (unpaired) electrons. The minimum absolute atomic E-state index is 0.0487. The molecule has 2 rings (SSSR count). The summed E-state index contributed by atoms with van der Waals surface area (Å²) >= 11 is 0. The van der Waals surface area contributed by atoms with Crippen LogP contribution in [0.1, 0.15) is 33.6 Å². The summed E-state index contributed by atoms with van der Waals surface area (Å²) in [6.45, 7) is 7.56. The van der Waals surface area contributed by atoms with Crippen molar-refractivity contribution in [2.24, 2.45) is 11.8 Å². The molecular weight excluding hydrogens is 312 g/mol. The van der Waals surface area contributed by atoms with Crippen LogP contribution in [0.15, 0.2) is 29.2 Å². The largest absolute Gasteiger partial charge is 0.325 e. The Morgan fingerprint density at radius 1 is 1.30 bits per heavy atom. The first-order valence-corrected chi connectivity index (χ1v) is 9.87. The molecule has 0 bridgehead atoms. The van der Waals surface area contributed by atoms with E-state index in [9.17, 15) is 13.2 Å². The molecule has 0 saturated carbocycles. The minimum atomic E-state index is -3.26. The van der Waals surface area contributed by atoms with Crippen molar-refractivity contribution in [1.82, 2.24) is 4.90 Å². The van der Waals surface area contributed by atoms with Gasteiger partial charge in [-0.1, -0.05) is 26.8 Å². The number of hydrogen-bond donors (Lipinski definition) is 1. The van der Waals surface area contributed by atoms with E-state index in [4.69, 9.17) is 0 Å². The maximum atomic E-state index is 12.3. The smallest absolute Gasteiger partial charge is 0.321 e. The molecule has 1 aliphatic heterocycles. The van der Waals surface area contributed by atoms with Gasteiger partial charge >= 0.3 is 6.03 Å². The van der Waals surface area contributed by atoms with Crippen LogP contribution in [0.3, 0.4) is 0 Å². The predicted molar refractivity (Wildman–Crippen MR) is 92.3 cm³/mol. The van der Waals surface area contributed by atoms with E-state index in [-0.39, 0.29) is 16.7 Å². The quantitative estimate of drug-likeness (QED) is 0.915. The molecule has 23 heavy (non-hydrogen) atoms. The van der Waals surface area contributed by atoms with Gasteiger partial charge in [0.05, 0.1) is 10.6 Å². The molecule has 6 heteroatoms. The molecule has 1 fully saturated rings. The lowest BCUT2D eigenvalue weighted by Gasteiger charge is -2.33. The topological polar surface area (TPSA) is 66.5 Å². The second kappa shape index (κ2) is 7.34. The van der Waals surface area contributed by atoms with E-state index in [1.165, 1.54) is 6.07 Å². The number of hydrogen-bond acceptors (Lipinski definition) is 3. The number of nitrogens with zero attached hydrogens (tertiary/aromatic N) is 1. The second-order valence-electron chi connectivity index (χ2n) is 6.43. The number of likely N-dealkylation sites (tertiary alicyclic amines) is 1. The normalized spacial score (nSPS) is 16.6. The number of amides is 2. The van der Waals surface area contributed by atoms with Gasteiger partial charge in [0.15, 0.2) is 9.84 Å². The molecular formula is C17H26N2O3S. The van der Waals surface area contributed by atoms with E-state index in [1.54, 1.807) is 30.0 Å². The molecule has 0 unspecified atom stereocenters. The van der Waals surface area contributed by atoms with E-state index >= 15 is 0 Å². The van der Waals surface area contributed by atoms with Crippen molar-refractivity contribution in [3.63, 3.8) is 0 Å². The van der Waals surface area contributed by atoms with Crippen molar-refractivity contribution in [3.05, 3.63) is 24.3 Å². The third kappa shape index (κ3) is 4.47. The monoisotopic (exact) mass is 338 g/mol. The Labute approximate surface area is 139 Å². The van der Waals surface area contributed by atoms with Gasteiger partial charge in [0.1, 0.15) is 0 Å². The molecule has 0 aliphatic carbocycles. The van der Waals surface area contributed by atoms with Gasteiger partial charge in [-0.05, 0) is 42.9 Å². The van der Waals surface area contributed by atoms with E-state index in [0.717, 1.165) is 25.9 Å². The minimum Gasteiger partial charge on any atom is -0.325 e. The third-order valence-corrected chi connectivity index (χ3v) is 6.33. The number of piperidine rings is 1. The van der Waals surface area contributed by atoms with Crippen LogP contribution < -0.4 is 5.32 Å². The zero-order valence-corrected chi connectivity index (χ0v) is 14.9. The Morgan fingerprint density at radius 3 is 2.52 bits per heavy atom. The van der Waals surface area contributed by atoms with Gasteiger partial charge in [0.25, 0.3) is 0 Å². The predicted octanol–water partition coefficient (Wildman–Crippen LogP) is 3.38. The number of nitrogens with one attached hydrogen (secondary N) is 1. The van der Waals surface area contributed by atoms with Crippen LogP contribution in [0.4, 0.5) is 10.5 Å². The van der Waals surface area contributed by atoms with Gasteiger partial charge < -0.3 is 10.2 Å². The maximum absolute atomic E-state index is 12.3. The number of rotatable bonds is 4. The van der Waals surface area contributed by atoms with Gasteiger partial charge in [0.2, 0.25) is 0 Å². The summed E-state index contributed by atoms with van der Waals surface area (Å²) in [6, 6.07) is 6.30. The van der Waals surface area contributed by atoms with Crippen LogP contribution in [0.5, 0.6) is 0 Å². The highest BCUT2D eigenvalue weighted by atomic mass is 32.2. The van der Waals surface area contributed by atoms with Crippen LogP contribution in [-0.2, 0) is 9.84 Å². The zero-order valence-electron chi connectivity index (χ0n) is 14.1. The fraction of sp³-hybridized carbons (Fsp3) is 0.588. The number of sulfone groups is 1. The Bertz CT molecular complexity index is 648. The van der Waals surface area contributed by atoms with Crippen molar-refractivity contribution in [2.75, 3.05) is 24.2 Å². The van der Waals surface area contributed by atoms with E-state index in [2.05, 4.69) is 19.2 Å². The van der Waals surface area contributed by atoms with Crippen molar-refractivity contribution in [3.8, 4) is 0 Å². The molecule has 1 saturated heterocycles. The van der Waals surface area contributed by atoms with Crippen LogP contribution in [-0.4, -0.2) is 38.2 Å². The van der Waals surface area contributed by atoms with Crippen LogP contribution in [0, 0.1) is 11.8 Å². The number of anilines is 1. The number of carbonyl (C=O) groups excluding carboxylic acids is 1. The molecule has 1 aromatic rings. The van der Waals surface area contributed by atoms with Crippen molar-refractivity contribution in [1.29, 1.82) is 0 Å². The van der Waals surface area contributed by atoms with Gasteiger partial charge in [-0.3, -0.25) is 0 Å². The number of urea groups is 1. The fourth-order valence-corrected chi connectivity index (χ4v) is 3.83. The molecule has 5 nitrogen and oxygen atoms in total. The summed E-state index contributed by atoms with van der Waals surface area (Å²) < 4.78 is 23.8. The lowest BCUT2D eigenvalue weighted by atomic mass is 9.87. The van der Waals surface area contributed by atoms with Crippen LogP contribution in [0.25, 0.3) is 0 Å². The second-order valence-corrected chi connectivity index (χ2v) is 8.71. The number of carbonyl (C=O) groups is 1. The Hall–Kier alpha value is -1.56. The Morgan fingerprint density at radius 2 is 1.96 bits per heavy atom. The van der Waals surface area contributed by atoms with Gasteiger partial charge in [0, 0.05) is 18.8 Å². The maximum Gasteiger partial charge on any atom is 0.321 e. The first-order chi connectivity index (χ1) is 10.8. The average molecular weight is 338 g/mol. The van der Waals surface area contributed by atoms with E-state index in [0.29, 0.717) is 17.5 Å². The molecule has 128 valence electrons. The average Bonchev–Trinajstić information content (AvgIpc) is 2.55. The third-order valence-electron chi connectivity index (χ3n) is 4.59. The fourth-order valence-electron chi connectivity index (χ4n) is 2.91. The van der Waals surface area contributed by atoms with Crippen molar-refractivity contribution < 1.29 is 13.2 Å². The summed E-state index contributed by atoms with van der Waals surface area (Å²) in [5.74, 6) is 1.38. The summed E-state index contributed by atoms with van der Waals surface area (Å²) in [4.78, 5) is 14.4. The van der Waals surface area contributed by atoms with Crippen LogP contribution >= 0.6 is 0 Å². The summed E-state index contributed by atoms with van der Waals surface area (Å²) in [5.41, 5.74) is 0.524. The highest BCUT2D eigenvalue weighted by Crippen LogP contribution is 2.25. The van der Waals surface area contributed by atoms with E-state index < -0.39 is 9.84 Å². The summed E-state index contributed by atoms with van der Waals surface area (Å²) in [7, 11) is -3.26. The van der Waals surface area contributed by atoms with Crippen molar-refractivity contribution >= 4 is 21.6 Å². The van der Waals surface area contributed by atoms with Crippen LogP contribution in [0.2, 0.25) is 0 Å². The first-order valence-electron chi connectivity index (χ1n) is 8.22. The molecule has 1 heterocycles. The van der Waals surface area contributed by atoms with Gasteiger partial charge in [-0.25, -0.2) is 13.2 Å². The SMILES string of the molecule is CCS(=O)(=O)c1cccc(NC(=O)N2CCC(C(C)C)CC2)c1. The highest BCUT2D eigenvalue weighted by Gasteiger charge is 2.24. The van der Waals surface area contributed by atoms with Crippen molar-refractivity contribution in [2.45, 2.75) is 38.5 Å². The summed E-state index contributed by atoms with van der Waals surface area (Å²) in [5, 5.41) is 2.81. The zero-order chi connectivity index (χ0) is 17.0. The highest BCUT2D eigenvalue weighted by molar-refractivity contribution is 7.91. The molecule has 0 atom stereocenters. The molecule has 1 aliphatic rings. The lowest BCUT2D eigenvalue weighted by molar-refractivity contribution is 0.167. The van der Waals surface area contributed by atoms with Gasteiger partial charge in [-0.15, -0.1) is 0 Å². The Kier molecular flexibility index (Phi) is 5.68. The molecule has 0 spiro atoms. The molecule has 1 N–H and O–H groups in total. The molecule has 1 aromatic carbocycles. The summed E-state index contributed by atoms with van der Waals surface area (Å²) in [6.07, 6.45) is 2.05. The molecule has 0 aromatic heterocycles. The van der Waals surface area contributed by atoms with Gasteiger partial charge in [-0.2, -0.15) is 0 Å².